The molecule has 17 heavy (non-hydrogen) atoms. The number of aliphatic imine (C=N–C) groups is 1. The predicted molar refractivity (Wildman–Crippen MR) is 68.9 cm³/mol. The van der Waals surface area contributed by atoms with Gasteiger partial charge in [0.2, 0.25) is 5.96 Å². The lowest BCUT2D eigenvalue weighted by molar-refractivity contribution is 0.259. The minimum absolute atomic E-state index is 0.412. The van der Waals surface area contributed by atoms with E-state index in [0.29, 0.717) is 21.7 Å². The number of urea groups is 1. The van der Waals surface area contributed by atoms with Gasteiger partial charge >= 0.3 is 6.03 Å². The zero-order chi connectivity index (χ0) is 12.3. The van der Waals surface area contributed by atoms with Crippen LogP contribution in [-0.2, 0) is 0 Å². The molecule has 0 aliphatic carbocycles. The number of carbonyl (C=O) groups excluding carboxylic acids is 1. The number of hydrogen-bond donors (Lipinski definition) is 3. The summed E-state index contributed by atoms with van der Waals surface area (Å²) in [5, 5.41) is 9.30. The molecule has 0 radical (unpaired) electrons. The Labute approximate surface area is 108 Å². The maximum Gasteiger partial charge on any atom is 0.348 e. The molecule has 1 aromatic carbocycles. The van der Waals surface area contributed by atoms with Gasteiger partial charge in [0.1, 0.15) is 0 Å². The molecular formula is C10H10Cl2N4O. The van der Waals surface area contributed by atoms with E-state index in [2.05, 4.69) is 20.9 Å². The third-order valence-corrected chi connectivity index (χ3v) is 2.66. The molecule has 1 aliphatic heterocycles. The van der Waals surface area contributed by atoms with E-state index in [1.54, 1.807) is 18.2 Å². The minimum atomic E-state index is -0.508. The molecule has 7 heteroatoms. The standard InChI is InChI=1S/C10H10Cl2N4O/c11-6-1-2-7(12)8(5-6)15-10(17)16-9-13-3-4-14-9/h1-2,5H,3-4H2,(H3,13,14,15,16,17). The largest absolute Gasteiger partial charge is 0.354 e. The predicted octanol–water partition coefficient (Wildman–Crippen LogP) is 2.07. The number of rotatable bonds is 1. The Balaban J connectivity index is 2.07. The summed E-state index contributed by atoms with van der Waals surface area (Å²) in [4.78, 5) is 15.3. The molecule has 1 saturated heterocycles. The molecular weight excluding hydrogens is 263 g/mol. The summed E-state index contributed by atoms with van der Waals surface area (Å²) in [5.74, 6) is 0.459. The average molecular weight is 273 g/mol. The van der Waals surface area contributed by atoms with E-state index < -0.39 is 6.03 Å². The zero-order valence-electron chi connectivity index (χ0n) is 8.76. The summed E-state index contributed by atoms with van der Waals surface area (Å²) >= 11 is 11.7. The van der Waals surface area contributed by atoms with Crippen molar-refractivity contribution in [3.8, 4) is 0 Å². The lowest BCUT2D eigenvalue weighted by atomic mass is 10.3. The molecule has 3 N–H and O–H groups in total. The first-order valence-electron chi connectivity index (χ1n) is 4.97. The van der Waals surface area contributed by atoms with Crippen LogP contribution in [0.15, 0.2) is 23.2 Å². The van der Waals surface area contributed by atoms with Crippen LogP contribution in [0.1, 0.15) is 0 Å². The molecule has 1 aliphatic rings. The molecule has 2 rings (SSSR count). The van der Waals surface area contributed by atoms with Gasteiger partial charge in [0.05, 0.1) is 10.7 Å². The van der Waals surface area contributed by atoms with Crippen molar-refractivity contribution >= 4 is 40.9 Å². The van der Waals surface area contributed by atoms with Gasteiger partial charge in [0.25, 0.3) is 0 Å². The molecule has 2 amide bonds. The Bertz CT molecular complexity index is 467. The molecule has 0 spiro atoms. The van der Waals surface area contributed by atoms with Gasteiger partial charge in [-0.3, -0.25) is 0 Å². The number of carbonyl (C=O) groups is 1. The molecule has 0 bridgehead atoms. The van der Waals surface area contributed by atoms with Crippen LogP contribution in [0.5, 0.6) is 0 Å². The molecule has 1 aromatic rings. The molecule has 0 aromatic heterocycles. The molecule has 90 valence electrons. The van der Waals surface area contributed by atoms with Crippen LogP contribution in [0.2, 0.25) is 10.0 Å². The van der Waals surface area contributed by atoms with Crippen LogP contribution in [0.4, 0.5) is 10.5 Å². The highest BCUT2D eigenvalue weighted by atomic mass is 35.5. The maximum atomic E-state index is 11.6. The molecule has 1 fully saturated rings. The number of nitrogens with one attached hydrogen (secondary N) is 3. The summed E-state index contributed by atoms with van der Waals surface area (Å²) < 4.78 is 0. The van der Waals surface area contributed by atoms with Crippen LogP contribution in [0.3, 0.4) is 0 Å². The summed E-state index contributed by atoms with van der Waals surface area (Å²) in [6.45, 7) is 1.51. The van der Waals surface area contributed by atoms with E-state index in [0.717, 1.165) is 13.1 Å². The smallest absolute Gasteiger partial charge is 0.348 e. The molecule has 5 nitrogen and oxygen atoms in total. The van der Waals surface area contributed by atoms with Crippen molar-refractivity contribution in [1.29, 1.82) is 0 Å². The lowest BCUT2D eigenvalue weighted by Crippen LogP contribution is -2.26. The molecule has 0 saturated carbocycles. The van der Waals surface area contributed by atoms with E-state index >= 15 is 0 Å². The van der Waals surface area contributed by atoms with E-state index in [-0.39, 0.29) is 0 Å². The first-order chi connectivity index (χ1) is 8.15. The van der Waals surface area contributed by atoms with E-state index in [9.17, 15) is 4.79 Å². The van der Waals surface area contributed by atoms with Crippen molar-refractivity contribution in [2.24, 2.45) is 4.99 Å². The van der Waals surface area contributed by atoms with Crippen molar-refractivity contribution in [1.82, 2.24) is 10.6 Å². The number of amides is 2. The Morgan fingerprint density at radius 2 is 2.00 bits per heavy atom. The fourth-order valence-electron chi connectivity index (χ4n) is 1.34. The Kier molecular flexibility index (Phi) is 3.71. The van der Waals surface area contributed by atoms with Crippen molar-refractivity contribution in [2.75, 3.05) is 18.4 Å². The van der Waals surface area contributed by atoms with E-state index in [1.165, 1.54) is 0 Å². The van der Waals surface area contributed by atoms with Gasteiger partial charge in [-0.25, -0.2) is 4.79 Å². The Morgan fingerprint density at radius 3 is 2.71 bits per heavy atom. The summed E-state index contributed by atoms with van der Waals surface area (Å²) in [7, 11) is 0. The van der Waals surface area contributed by atoms with Crippen molar-refractivity contribution in [2.45, 2.75) is 0 Å². The number of hydrogen-bond acceptors (Lipinski definition) is 1. The van der Waals surface area contributed by atoms with Crippen LogP contribution in [0, 0.1) is 0 Å². The van der Waals surface area contributed by atoms with Gasteiger partial charge in [0.15, 0.2) is 0 Å². The Hall–Kier alpha value is -1.46. The van der Waals surface area contributed by atoms with E-state index in [4.69, 9.17) is 23.2 Å². The number of nitrogens with zero attached hydrogens (tertiary/aromatic N) is 1. The van der Waals surface area contributed by atoms with Gasteiger partial charge in [-0.05, 0) is 18.2 Å². The highest BCUT2D eigenvalue weighted by Gasteiger charge is 2.09. The number of halogens is 2. The summed E-state index contributed by atoms with van der Waals surface area (Å²) in [6.07, 6.45) is 0. The second-order valence-electron chi connectivity index (χ2n) is 3.37. The van der Waals surface area contributed by atoms with E-state index in [1.807, 2.05) is 0 Å². The second kappa shape index (κ2) is 5.25. The minimum Gasteiger partial charge on any atom is -0.354 e. The average Bonchev–Trinajstić information content (AvgIpc) is 2.76. The highest BCUT2D eigenvalue weighted by molar-refractivity contribution is 6.35. The number of guanidine groups is 1. The van der Waals surface area contributed by atoms with Crippen molar-refractivity contribution < 1.29 is 4.79 Å². The first-order valence-corrected chi connectivity index (χ1v) is 5.73. The van der Waals surface area contributed by atoms with Gasteiger partial charge in [-0.1, -0.05) is 23.2 Å². The van der Waals surface area contributed by atoms with Crippen molar-refractivity contribution in [3.63, 3.8) is 0 Å². The van der Waals surface area contributed by atoms with Crippen LogP contribution in [-0.4, -0.2) is 25.1 Å². The quantitative estimate of drug-likeness (QED) is 0.734. The molecule has 1 heterocycles. The second-order valence-corrected chi connectivity index (χ2v) is 4.21. The fourth-order valence-corrected chi connectivity index (χ4v) is 1.68. The third kappa shape index (κ3) is 3.25. The molecule has 0 unspecified atom stereocenters. The topological polar surface area (TPSA) is 65.5 Å². The maximum absolute atomic E-state index is 11.6. The zero-order valence-corrected chi connectivity index (χ0v) is 10.3. The first kappa shape index (κ1) is 12.0. The van der Waals surface area contributed by atoms with Crippen molar-refractivity contribution in [3.05, 3.63) is 28.2 Å². The Morgan fingerprint density at radius 1 is 1.29 bits per heavy atom. The monoisotopic (exact) mass is 272 g/mol. The van der Waals surface area contributed by atoms with Crippen LogP contribution in [0.25, 0.3) is 0 Å². The van der Waals surface area contributed by atoms with Gasteiger partial charge < -0.3 is 16.0 Å². The fraction of sp³-hybridized carbons (Fsp3) is 0.200. The van der Waals surface area contributed by atoms with Crippen LogP contribution < -0.4 is 16.0 Å². The normalized spacial score (nSPS) is 13.9. The van der Waals surface area contributed by atoms with Gasteiger partial charge in [-0.15, -0.1) is 0 Å². The summed E-state index contributed by atoms with van der Waals surface area (Å²) in [6, 6.07) is 4.31. The SMILES string of the molecule is O=C(N=C1NCCN1)Nc1cc(Cl)ccc1Cl. The lowest BCUT2D eigenvalue weighted by Gasteiger charge is -2.05. The van der Waals surface area contributed by atoms with Crippen LogP contribution >= 0.6 is 23.2 Å². The number of anilines is 1. The summed E-state index contributed by atoms with van der Waals surface area (Å²) in [5.41, 5.74) is 0.437. The third-order valence-electron chi connectivity index (χ3n) is 2.09. The van der Waals surface area contributed by atoms with Gasteiger partial charge in [-0.2, -0.15) is 4.99 Å². The van der Waals surface area contributed by atoms with Gasteiger partial charge in [0, 0.05) is 18.1 Å². The highest BCUT2D eigenvalue weighted by Crippen LogP contribution is 2.25. The number of benzene rings is 1. The molecule has 0 atom stereocenters.